The minimum atomic E-state index is -1.39. The molecular formula is C13H25N5O5. The smallest absolute Gasteiger partial charge is 0.328 e. The Labute approximate surface area is 134 Å². The number of aliphatic imine (C=N–C) groups is 1. The predicted octanol–water partition coefficient (Wildman–Crippen LogP) is -0.866. The third kappa shape index (κ3) is 8.12. The van der Waals surface area contributed by atoms with E-state index in [-0.39, 0.29) is 24.9 Å². The van der Waals surface area contributed by atoms with Gasteiger partial charge in [0, 0.05) is 0 Å². The van der Waals surface area contributed by atoms with Gasteiger partial charge in [-0.3, -0.25) is 0 Å². The van der Waals surface area contributed by atoms with Crippen molar-refractivity contribution in [3.05, 3.63) is 0 Å². The number of nitrogens with zero attached hydrogens (tertiary/aromatic N) is 2. The van der Waals surface area contributed by atoms with Crippen LogP contribution in [0.5, 0.6) is 0 Å². The topological polar surface area (TPSA) is 159 Å². The summed E-state index contributed by atoms with van der Waals surface area (Å²) in [5, 5.41) is 26.3. The lowest BCUT2D eigenvalue weighted by Gasteiger charge is -2.17. The van der Waals surface area contributed by atoms with E-state index in [4.69, 9.17) is 15.7 Å². The lowest BCUT2D eigenvalue weighted by Crippen LogP contribution is -2.51. The summed E-state index contributed by atoms with van der Waals surface area (Å²) in [5.74, 6) is -0.968. The number of carbonyl (C=O) groups excluding carboxylic acids is 1. The van der Waals surface area contributed by atoms with Gasteiger partial charge >= 0.3 is 12.0 Å². The monoisotopic (exact) mass is 331 g/mol. The number of carboxylic acids is 1. The Morgan fingerprint density at radius 1 is 1.35 bits per heavy atom. The third-order valence-electron chi connectivity index (χ3n) is 2.85. The summed E-state index contributed by atoms with van der Waals surface area (Å²) in [4.78, 5) is 30.9. The standard InChI is InChI=1S/C13H25N5O5/c1-7(2)9(14)11(15-4)18-23-6-5-16-13(22)17-10(8(3)19)12(20)21/h7-10,19H,4-6,14H2,1-3H3,(H,20,21)(H2,16,17,22)/b18-11-. The molecule has 0 radical (unpaired) electrons. The van der Waals surface area contributed by atoms with Gasteiger partial charge in [0.05, 0.1) is 18.7 Å². The second-order valence-electron chi connectivity index (χ2n) is 5.17. The van der Waals surface area contributed by atoms with Crippen LogP contribution in [0.1, 0.15) is 20.8 Å². The van der Waals surface area contributed by atoms with Crippen molar-refractivity contribution in [2.24, 2.45) is 21.8 Å². The molecule has 10 heteroatoms. The number of amides is 2. The molecule has 0 rings (SSSR count). The van der Waals surface area contributed by atoms with Gasteiger partial charge in [-0.2, -0.15) is 0 Å². The van der Waals surface area contributed by atoms with Crippen molar-refractivity contribution in [2.45, 2.75) is 39.0 Å². The van der Waals surface area contributed by atoms with Gasteiger partial charge in [-0.1, -0.05) is 19.0 Å². The minimum absolute atomic E-state index is 0.0314. The Morgan fingerprint density at radius 2 is 1.96 bits per heavy atom. The number of aliphatic carboxylic acids is 1. The van der Waals surface area contributed by atoms with E-state index in [1.54, 1.807) is 0 Å². The average Bonchev–Trinajstić information content (AvgIpc) is 2.47. The number of aliphatic hydroxyl groups excluding tert-OH is 1. The summed E-state index contributed by atoms with van der Waals surface area (Å²) < 4.78 is 0. The number of carboxylic acid groups (broad SMARTS) is 1. The van der Waals surface area contributed by atoms with E-state index in [9.17, 15) is 14.7 Å². The van der Waals surface area contributed by atoms with Crippen molar-refractivity contribution in [3.8, 4) is 0 Å². The molecule has 10 nitrogen and oxygen atoms in total. The molecule has 0 aliphatic rings. The first-order chi connectivity index (χ1) is 10.7. The molecule has 23 heavy (non-hydrogen) atoms. The summed E-state index contributed by atoms with van der Waals surface area (Å²) in [6.07, 6.45) is -1.22. The second-order valence-corrected chi connectivity index (χ2v) is 5.17. The molecular weight excluding hydrogens is 306 g/mol. The van der Waals surface area contributed by atoms with Crippen molar-refractivity contribution in [2.75, 3.05) is 13.2 Å². The maximum absolute atomic E-state index is 11.5. The van der Waals surface area contributed by atoms with Gasteiger partial charge in [-0.05, 0) is 19.6 Å². The van der Waals surface area contributed by atoms with E-state index < -0.39 is 30.2 Å². The highest BCUT2D eigenvalue weighted by molar-refractivity contribution is 5.90. The molecule has 0 bridgehead atoms. The van der Waals surface area contributed by atoms with Gasteiger partial charge in [0.2, 0.25) is 0 Å². The minimum Gasteiger partial charge on any atom is -0.480 e. The van der Waals surface area contributed by atoms with Gasteiger partial charge in [-0.15, -0.1) is 0 Å². The summed E-state index contributed by atoms with van der Waals surface area (Å²) in [7, 11) is 0. The van der Waals surface area contributed by atoms with E-state index in [2.05, 4.69) is 27.5 Å². The van der Waals surface area contributed by atoms with Crippen LogP contribution in [0.3, 0.4) is 0 Å². The molecule has 0 saturated heterocycles. The molecule has 0 aromatic rings. The van der Waals surface area contributed by atoms with E-state index in [0.29, 0.717) is 0 Å². The van der Waals surface area contributed by atoms with Crippen molar-refractivity contribution in [3.63, 3.8) is 0 Å². The Balaban J connectivity index is 4.19. The van der Waals surface area contributed by atoms with E-state index in [0.717, 1.165) is 0 Å². The molecule has 132 valence electrons. The highest BCUT2D eigenvalue weighted by Gasteiger charge is 2.24. The first-order valence-electron chi connectivity index (χ1n) is 7.08. The quantitative estimate of drug-likeness (QED) is 0.160. The number of carbonyl (C=O) groups is 2. The number of hydrogen-bond acceptors (Lipinski definition) is 6. The predicted molar refractivity (Wildman–Crippen MR) is 85.4 cm³/mol. The molecule has 0 aromatic heterocycles. The van der Waals surface area contributed by atoms with Gasteiger partial charge in [0.1, 0.15) is 6.61 Å². The van der Waals surface area contributed by atoms with E-state index in [1.807, 2.05) is 13.8 Å². The molecule has 0 spiro atoms. The van der Waals surface area contributed by atoms with Crippen molar-refractivity contribution >= 4 is 24.6 Å². The summed E-state index contributed by atoms with van der Waals surface area (Å²) >= 11 is 0. The average molecular weight is 331 g/mol. The van der Waals surface area contributed by atoms with Crippen LogP contribution in [0.25, 0.3) is 0 Å². The molecule has 2 amide bonds. The molecule has 0 saturated carbocycles. The number of nitrogens with one attached hydrogen (secondary N) is 2. The Hall–Kier alpha value is -2.20. The molecule has 3 atom stereocenters. The molecule has 0 heterocycles. The molecule has 0 aliphatic carbocycles. The first-order valence-corrected chi connectivity index (χ1v) is 7.08. The highest BCUT2D eigenvalue weighted by atomic mass is 16.6. The van der Waals surface area contributed by atoms with E-state index >= 15 is 0 Å². The summed E-state index contributed by atoms with van der Waals surface area (Å²) in [6, 6.07) is -2.55. The number of rotatable bonds is 9. The van der Waals surface area contributed by atoms with Crippen molar-refractivity contribution in [1.82, 2.24) is 10.6 Å². The zero-order chi connectivity index (χ0) is 18.0. The number of hydrogen-bond donors (Lipinski definition) is 5. The first kappa shape index (κ1) is 20.8. The molecule has 3 unspecified atom stereocenters. The third-order valence-corrected chi connectivity index (χ3v) is 2.85. The van der Waals surface area contributed by atoms with Gasteiger partial charge in [0.25, 0.3) is 0 Å². The van der Waals surface area contributed by atoms with Crippen LogP contribution in [0, 0.1) is 5.92 Å². The fourth-order valence-corrected chi connectivity index (χ4v) is 1.40. The van der Waals surface area contributed by atoms with E-state index in [1.165, 1.54) is 6.92 Å². The number of aliphatic hydroxyl groups is 1. The maximum Gasteiger partial charge on any atom is 0.328 e. The van der Waals surface area contributed by atoms with Crippen LogP contribution < -0.4 is 16.4 Å². The van der Waals surface area contributed by atoms with Crippen LogP contribution in [0.4, 0.5) is 4.79 Å². The lowest BCUT2D eigenvalue weighted by atomic mass is 10.1. The number of nitrogens with two attached hydrogens (primary N) is 1. The molecule has 0 aliphatic heterocycles. The normalized spacial score (nSPS) is 15.5. The maximum atomic E-state index is 11.5. The van der Waals surface area contributed by atoms with Crippen LogP contribution >= 0.6 is 0 Å². The number of urea groups is 1. The molecule has 0 fully saturated rings. The van der Waals surface area contributed by atoms with Crippen LogP contribution in [0.15, 0.2) is 10.1 Å². The summed E-state index contributed by atoms with van der Waals surface area (Å²) in [6.45, 7) is 8.53. The van der Waals surface area contributed by atoms with Gasteiger partial charge in [0.15, 0.2) is 11.9 Å². The number of oxime groups is 1. The molecule has 6 N–H and O–H groups in total. The highest BCUT2D eigenvalue weighted by Crippen LogP contribution is 2.02. The van der Waals surface area contributed by atoms with Crippen LogP contribution in [-0.2, 0) is 9.63 Å². The number of amidine groups is 1. The van der Waals surface area contributed by atoms with Crippen molar-refractivity contribution in [1.29, 1.82) is 0 Å². The second kappa shape index (κ2) is 10.5. The zero-order valence-corrected chi connectivity index (χ0v) is 13.5. The van der Waals surface area contributed by atoms with Gasteiger partial charge < -0.3 is 31.4 Å². The molecule has 0 aromatic carbocycles. The Bertz CT molecular complexity index is 438. The Morgan fingerprint density at radius 3 is 2.39 bits per heavy atom. The van der Waals surface area contributed by atoms with Crippen LogP contribution in [0.2, 0.25) is 0 Å². The van der Waals surface area contributed by atoms with Crippen molar-refractivity contribution < 1.29 is 24.6 Å². The SMILES string of the molecule is C=N/C(=N\OCCNC(=O)NC(C(=O)O)C(C)O)C(N)C(C)C. The van der Waals surface area contributed by atoms with Gasteiger partial charge in [-0.25, -0.2) is 14.6 Å². The largest absolute Gasteiger partial charge is 0.480 e. The zero-order valence-electron chi connectivity index (χ0n) is 13.5. The fraction of sp³-hybridized carbons (Fsp3) is 0.692. The summed E-state index contributed by atoms with van der Waals surface area (Å²) in [5.41, 5.74) is 5.84. The Kier molecular flexibility index (Phi) is 9.51. The van der Waals surface area contributed by atoms with Crippen LogP contribution in [-0.4, -0.2) is 66.1 Å². The lowest BCUT2D eigenvalue weighted by molar-refractivity contribution is -0.141. The fourth-order valence-electron chi connectivity index (χ4n) is 1.40.